The number of amides is 1. The molecule has 1 N–H and O–H groups in total. The third kappa shape index (κ3) is 2.45. The predicted octanol–water partition coefficient (Wildman–Crippen LogP) is 1.95. The van der Waals surface area contributed by atoms with E-state index in [-0.39, 0.29) is 18.7 Å². The third-order valence-corrected chi connectivity index (χ3v) is 2.26. The molecule has 0 aliphatic carbocycles. The van der Waals surface area contributed by atoms with Gasteiger partial charge in [-0.05, 0) is 19.9 Å². The van der Waals surface area contributed by atoms with E-state index in [1.807, 2.05) is 30.7 Å². The van der Waals surface area contributed by atoms with Crippen LogP contribution in [0.15, 0.2) is 12.1 Å². The van der Waals surface area contributed by atoms with Crippen molar-refractivity contribution >= 4 is 12.3 Å². The summed E-state index contributed by atoms with van der Waals surface area (Å²) >= 11 is 0. The zero-order valence-corrected chi connectivity index (χ0v) is 9.49. The maximum Gasteiger partial charge on any atom is 0.407 e. The number of nitrogens with one attached hydrogen (secondary N) is 1. The lowest BCUT2D eigenvalue weighted by atomic mass is 10.3. The summed E-state index contributed by atoms with van der Waals surface area (Å²) < 4.78 is 6.99. The van der Waals surface area contributed by atoms with Crippen LogP contribution in [0.3, 0.4) is 0 Å². The smallest absolute Gasteiger partial charge is 0.407 e. The zero-order valence-electron chi connectivity index (χ0n) is 9.49. The molecule has 16 heavy (non-hydrogen) atoms. The Kier molecular flexibility index (Phi) is 2.99. The van der Waals surface area contributed by atoms with E-state index >= 15 is 0 Å². The van der Waals surface area contributed by atoms with Crippen LogP contribution in [-0.4, -0.2) is 16.7 Å². The minimum absolute atomic E-state index is 0.0958. The number of aromatic nitrogens is 1. The molecule has 1 aliphatic rings. The number of allylic oxidation sites excluding steroid dienone is 1. The maximum atomic E-state index is 11.2. The van der Waals surface area contributed by atoms with Gasteiger partial charge in [0.1, 0.15) is 6.61 Å². The van der Waals surface area contributed by atoms with Gasteiger partial charge in [-0.3, -0.25) is 0 Å². The Morgan fingerprint density at radius 1 is 1.69 bits per heavy atom. The molecular formula is C12H15N2O2. The van der Waals surface area contributed by atoms with E-state index in [1.54, 1.807) is 0 Å². The van der Waals surface area contributed by atoms with Gasteiger partial charge in [-0.2, -0.15) is 0 Å². The van der Waals surface area contributed by atoms with Crippen molar-refractivity contribution < 1.29 is 9.53 Å². The number of hydrogen-bond donors (Lipinski definition) is 1. The Morgan fingerprint density at radius 2 is 2.50 bits per heavy atom. The zero-order chi connectivity index (χ0) is 11.5. The molecule has 0 saturated carbocycles. The van der Waals surface area contributed by atoms with E-state index in [4.69, 9.17) is 4.74 Å². The predicted molar refractivity (Wildman–Crippen MR) is 60.8 cm³/mol. The third-order valence-electron chi connectivity index (χ3n) is 2.26. The molecular weight excluding hydrogens is 204 g/mol. The molecule has 1 aliphatic heterocycles. The number of nitrogens with zero attached hydrogens (tertiary/aromatic N) is 1. The molecule has 2 heterocycles. The van der Waals surface area contributed by atoms with E-state index in [0.29, 0.717) is 0 Å². The second kappa shape index (κ2) is 4.43. The highest BCUT2D eigenvalue weighted by Gasteiger charge is 2.10. The van der Waals surface area contributed by atoms with Crippen LogP contribution in [0.25, 0.3) is 6.20 Å². The molecule has 4 nitrogen and oxygen atoms in total. The lowest BCUT2D eigenvalue weighted by molar-refractivity contribution is 0.137. The average molecular weight is 219 g/mol. The van der Waals surface area contributed by atoms with Crippen molar-refractivity contribution in [2.75, 3.05) is 0 Å². The number of rotatable bonds is 3. The summed E-state index contributed by atoms with van der Waals surface area (Å²) in [4.78, 5) is 11.2. The van der Waals surface area contributed by atoms with Crippen LogP contribution in [0.1, 0.15) is 25.1 Å². The molecule has 0 atom stereocenters. The molecule has 0 aromatic carbocycles. The van der Waals surface area contributed by atoms with E-state index < -0.39 is 0 Å². The monoisotopic (exact) mass is 219 g/mol. The molecule has 1 amide bonds. The molecule has 1 radical (unpaired) electrons. The van der Waals surface area contributed by atoms with Crippen LogP contribution in [0.2, 0.25) is 0 Å². The SMILES string of the molecule is CC(C)NC(=O)OCc1[c]n2c(c1)CC=C2. The molecule has 2 rings (SSSR count). The number of hydrogen-bond acceptors (Lipinski definition) is 2. The Labute approximate surface area is 94.9 Å². The number of ether oxygens (including phenoxy) is 1. The second-order valence-electron chi connectivity index (χ2n) is 4.11. The first kappa shape index (κ1) is 10.8. The van der Waals surface area contributed by atoms with Gasteiger partial charge in [0.05, 0.1) is 6.20 Å². The number of carbonyl (C=O) groups excluding carboxylic acids is 1. The van der Waals surface area contributed by atoms with Gasteiger partial charge in [0, 0.05) is 29.9 Å². The van der Waals surface area contributed by atoms with Crippen molar-refractivity contribution in [3.8, 4) is 0 Å². The van der Waals surface area contributed by atoms with Gasteiger partial charge < -0.3 is 14.6 Å². The van der Waals surface area contributed by atoms with E-state index in [9.17, 15) is 4.79 Å². The molecule has 0 fully saturated rings. The van der Waals surface area contributed by atoms with E-state index in [2.05, 4.69) is 17.6 Å². The van der Waals surface area contributed by atoms with E-state index in [1.165, 1.54) is 5.69 Å². The van der Waals surface area contributed by atoms with Crippen LogP contribution in [-0.2, 0) is 17.8 Å². The van der Waals surface area contributed by atoms with Crippen molar-refractivity contribution in [2.24, 2.45) is 0 Å². The van der Waals surface area contributed by atoms with Gasteiger partial charge in [0.15, 0.2) is 0 Å². The topological polar surface area (TPSA) is 43.3 Å². The van der Waals surface area contributed by atoms with Gasteiger partial charge in [0.2, 0.25) is 0 Å². The standard InChI is InChI=1S/C12H15N2O2/c1-9(2)13-12(15)16-8-10-6-11-4-3-5-14(11)7-10/h3,5-6,9H,4,8H2,1-2H3,(H,13,15). The average Bonchev–Trinajstić information content (AvgIpc) is 2.72. The lowest BCUT2D eigenvalue weighted by Crippen LogP contribution is -2.30. The minimum Gasteiger partial charge on any atom is -0.445 e. The number of fused-ring (bicyclic) bond motifs is 1. The first-order chi connectivity index (χ1) is 7.65. The quantitative estimate of drug-likeness (QED) is 0.844. The van der Waals surface area contributed by atoms with E-state index in [0.717, 1.165) is 12.0 Å². The summed E-state index contributed by atoms with van der Waals surface area (Å²) in [6.07, 6.45) is 7.71. The highest BCUT2D eigenvalue weighted by molar-refractivity contribution is 5.67. The maximum absolute atomic E-state index is 11.2. The molecule has 4 heteroatoms. The Bertz CT molecular complexity index is 419. The molecule has 0 spiro atoms. The summed E-state index contributed by atoms with van der Waals surface area (Å²) in [6, 6.07) is 2.10. The van der Waals surface area contributed by atoms with Gasteiger partial charge in [-0.1, -0.05) is 6.08 Å². The highest BCUT2D eigenvalue weighted by atomic mass is 16.5. The fourth-order valence-electron chi connectivity index (χ4n) is 1.59. The number of carbonyl (C=O) groups is 1. The summed E-state index contributed by atoms with van der Waals surface area (Å²) in [5, 5.41) is 2.67. The first-order valence-electron chi connectivity index (χ1n) is 5.37. The molecule has 0 saturated heterocycles. The normalized spacial score (nSPS) is 12.9. The Morgan fingerprint density at radius 3 is 3.19 bits per heavy atom. The van der Waals surface area contributed by atoms with Crippen molar-refractivity contribution in [3.05, 3.63) is 29.6 Å². The molecule has 85 valence electrons. The molecule has 0 unspecified atom stereocenters. The van der Waals surface area contributed by atoms with Gasteiger partial charge in [-0.25, -0.2) is 4.79 Å². The van der Waals surface area contributed by atoms with Crippen molar-refractivity contribution in [2.45, 2.75) is 32.9 Å². The highest BCUT2D eigenvalue weighted by Crippen LogP contribution is 2.15. The molecule has 1 aromatic rings. The Hall–Kier alpha value is -1.71. The fraction of sp³-hybridized carbons (Fsp3) is 0.417. The van der Waals surface area contributed by atoms with Crippen LogP contribution < -0.4 is 5.32 Å². The Balaban J connectivity index is 1.85. The van der Waals surface area contributed by atoms with Crippen LogP contribution in [0.4, 0.5) is 4.79 Å². The second-order valence-corrected chi connectivity index (χ2v) is 4.11. The van der Waals surface area contributed by atoms with Gasteiger partial charge in [0.25, 0.3) is 0 Å². The van der Waals surface area contributed by atoms with Gasteiger partial charge in [-0.15, -0.1) is 0 Å². The lowest BCUT2D eigenvalue weighted by Gasteiger charge is -2.08. The van der Waals surface area contributed by atoms with Crippen molar-refractivity contribution in [3.63, 3.8) is 0 Å². The number of alkyl carbamates (subject to hydrolysis) is 1. The summed E-state index contributed by atoms with van der Waals surface area (Å²) in [5.41, 5.74) is 2.08. The first-order valence-corrected chi connectivity index (χ1v) is 5.37. The summed E-state index contributed by atoms with van der Waals surface area (Å²) in [7, 11) is 0. The minimum atomic E-state index is -0.384. The van der Waals surface area contributed by atoms with Crippen LogP contribution in [0.5, 0.6) is 0 Å². The van der Waals surface area contributed by atoms with Crippen LogP contribution >= 0.6 is 0 Å². The van der Waals surface area contributed by atoms with Crippen molar-refractivity contribution in [1.29, 1.82) is 0 Å². The molecule has 0 bridgehead atoms. The fourth-order valence-corrected chi connectivity index (χ4v) is 1.59. The molecule has 1 aromatic heterocycles. The summed E-state index contributed by atoms with van der Waals surface area (Å²) in [5.74, 6) is 0. The van der Waals surface area contributed by atoms with Gasteiger partial charge >= 0.3 is 6.09 Å². The van der Waals surface area contributed by atoms with Crippen LogP contribution in [0, 0.1) is 6.20 Å². The van der Waals surface area contributed by atoms with Crippen molar-refractivity contribution in [1.82, 2.24) is 9.88 Å². The summed E-state index contributed by atoms with van der Waals surface area (Å²) in [6.45, 7) is 4.06. The largest absolute Gasteiger partial charge is 0.445 e.